The fourth-order valence-electron chi connectivity index (χ4n) is 3.90. The standard InChI is InChI=1S/C20H27F3N4O3/c1-2-26(13-4-3-5-13)17(11-24)19(29)25-16-7-6-14(10-15(16)20(21,22)23)27-8-9-30-12-18(27)28/h6-7,10,13,17H,2-5,8-9,11-12,24H2,1H3,(H,25,29)/t17-/m1/s1. The molecule has 1 atom stereocenters. The molecule has 0 radical (unpaired) electrons. The van der Waals surface area contributed by atoms with Crippen molar-refractivity contribution in [1.82, 2.24) is 4.90 Å². The molecule has 1 saturated carbocycles. The second-order valence-corrected chi connectivity index (χ2v) is 7.48. The number of morpholine rings is 1. The summed E-state index contributed by atoms with van der Waals surface area (Å²) in [4.78, 5) is 28.0. The van der Waals surface area contributed by atoms with Crippen LogP contribution in [0.3, 0.4) is 0 Å². The first-order chi connectivity index (χ1) is 14.3. The minimum atomic E-state index is -4.70. The van der Waals surface area contributed by atoms with Crippen LogP contribution in [0.5, 0.6) is 0 Å². The second kappa shape index (κ2) is 9.32. The van der Waals surface area contributed by atoms with E-state index in [0.717, 1.165) is 25.3 Å². The third-order valence-electron chi connectivity index (χ3n) is 5.70. The van der Waals surface area contributed by atoms with Crippen molar-refractivity contribution < 1.29 is 27.5 Å². The zero-order valence-corrected chi connectivity index (χ0v) is 16.9. The molecule has 3 rings (SSSR count). The molecule has 1 aromatic carbocycles. The SMILES string of the molecule is CCN(C1CCC1)[C@H](CN)C(=O)Nc1ccc(N2CCOCC2=O)cc1C(F)(F)F. The van der Waals surface area contributed by atoms with E-state index in [1.54, 1.807) is 0 Å². The van der Waals surface area contributed by atoms with Gasteiger partial charge in [-0.25, -0.2) is 0 Å². The molecule has 0 bridgehead atoms. The number of alkyl halides is 3. The summed E-state index contributed by atoms with van der Waals surface area (Å²) < 4.78 is 46.2. The first-order valence-corrected chi connectivity index (χ1v) is 10.1. The molecule has 0 aromatic heterocycles. The van der Waals surface area contributed by atoms with E-state index in [-0.39, 0.29) is 43.7 Å². The zero-order valence-electron chi connectivity index (χ0n) is 16.9. The Morgan fingerprint density at radius 2 is 2.13 bits per heavy atom. The van der Waals surface area contributed by atoms with Crippen molar-refractivity contribution in [2.75, 3.05) is 43.1 Å². The van der Waals surface area contributed by atoms with Gasteiger partial charge in [0, 0.05) is 24.8 Å². The molecule has 1 saturated heterocycles. The number of ether oxygens (including phenoxy) is 1. The summed E-state index contributed by atoms with van der Waals surface area (Å²) >= 11 is 0. The van der Waals surface area contributed by atoms with Crippen molar-refractivity contribution in [2.24, 2.45) is 5.73 Å². The summed E-state index contributed by atoms with van der Waals surface area (Å²) in [5.41, 5.74) is 4.57. The van der Waals surface area contributed by atoms with Crippen LogP contribution in [-0.4, -0.2) is 61.6 Å². The quantitative estimate of drug-likeness (QED) is 0.695. The lowest BCUT2D eigenvalue weighted by Crippen LogP contribution is -2.54. The Hall–Kier alpha value is -2.17. The molecule has 10 heteroatoms. The summed E-state index contributed by atoms with van der Waals surface area (Å²) in [6, 6.07) is 2.99. The number of carbonyl (C=O) groups excluding carboxylic acids is 2. The Morgan fingerprint density at radius 3 is 2.67 bits per heavy atom. The minimum absolute atomic E-state index is 0.0118. The van der Waals surface area contributed by atoms with Crippen molar-refractivity contribution >= 4 is 23.2 Å². The number of amides is 2. The molecule has 166 valence electrons. The maximum atomic E-state index is 13.7. The van der Waals surface area contributed by atoms with Gasteiger partial charge in [0.15, 0.2) is 0 Å². The van der Waals surface area contributed by atoms with E-state index < -0.39 is 29.6 Å². The number of hydrogen-bond donors (Lipinski definition) is 2. The highest BCUT2D eigenvalue weighted by Gasteiger charge is 2.37. The van der Waals surface area contributed by atoms with Crippen molar-refractivity contribution in [2.45, 2.75) is 44.4 Å². The van der Waals surface area contributed by atoms with E-state index in [4.69, 9.17) is 10.5 Å². The Bertz CT molecular complexity index is 783. The van der Waals surface area contributed by atoms with Crippen LogP contribution in [0.15, 0.2) is 18.2 Å². The van der Waals surface area contributed by atoms with Gasteiger partial charge in [-0.2, -0.15) is 13.2 Å². The van der Waals surface area contributed by atoms with Gasteiger partial charge in [-0.15, -0.1) is 0 Å². The lowest BCUT2D eigenvalue weighted by atomic mass is 9.90. The number of nitrogens with one attached hydrogen (secondary N) is 1. The molecule has 7 nitrogen and oxygen atoms in total. The van der Waals surface area contributed by atoms with Crippen molar-refractivity contribution in [3.8, 4) is 0 Å². The zero-order chi connectivity index (χ0) is 21.9. The van der Waals surface area contributed by atoms with Gasteiger partial charge in [0.25, 0.3) is 5.91 Å². The fourth-order valence-corrected chi connectivity index (χ4v) is 3.90. The first kappa shape index (κ1) is 22.5. The number of halogens is 3. The third kappa shape index (κ3) is 4.76. The number of benzene rings is 1. The molecule has 3 N–H and O–H groups in total. The minimum Gasteiger partial charge on any atom is -0.370 e. The number of nitrogens with zero attached hydrogens (tertiary/aromatic N) is 2. The number of anilines is 2. The molecule has 1 heterocycles. The van der Waals surface area contributed by atoms with Crippen LogP contribution in [-0.2, 0) is 20.5 Å². The average molecular weight is 428 g/mol. The summed E-state index contributed by atoms with van der Waals surface area (Å²) in [6.07, 6.45) is -1.73. The highest BCUT2D eigenvalue weighted by molar-refractivity contribution is 5.98. The number of likely N-dealkylation sites (N-methyl/N-ethyl adjacent to an activating group) is 1. The van der Waals surface area contributed by atoms with Gasteiger partial charge in [-0.1, -0.05) is 13.3 Å². The van der Waals surface area contributed by atoms with Crippen molar-refractivity contribution in [1.29, 1.82) is 0 Å². The first-order valence-electron chi connectivity index (χ1n) is 10.1. The number of hydrogen-bond acceptors (Lipinski definition) is 5. The molecule has 0 unspecified atom stereocenters. The Morgan fingerprint density at radius 1 is 1.40 bits per heavy atom. The largest absolute Gasteiger partial charge is 0.418 e. The van der Waals surface area contributed by atoms with Gasteiger partial charge in [0.1, 0.15) is 12.6 Å². The van der Waals surface area contributed by atoms with Crippen molar-refractivity contribution in [3.05, 3.63) is 23.8 Å². The predicted molar refractivity (Wildman–Crippen MR) is 106 cm³/mol. The molecule has 2 amide bonds. The van der Waals surface area contributed by atoms with Crippen LogP contribution in [0, 0.1) is 0 Å². The predicted octanol–water partition coefficient (Wildman–Crippen LogP) is 2.21. The van der Waals surface area contributed by atoms with Gasteiger partial charge in [-0.05, 0) is 37.6 Å². The molecule has 1 aromatic rings. The molecule has 2 aliphatic rings. The van der Waals surface area contributed by atoms with E-state index in [9.17, 15) is 22.8 Å². The van der Waals surface area contributed by atoms with Crippen molar-refractivity contribution in [3.63, 3.8) is 0 Å². The topological polar surface area (TPSA) is 87.9 Å². The maximum Gasteiger partial charge on any atom is 0.418 e. The summed E-state index contributed by atoms with van der Waals surface area (Å²) in [5.74, 6) is -0.972. The van der Waals surface area contributed by atoms with Crippen LogP contribution in [0.4, 0.5) is 24.5 Å². The summed E-state index contributed by atoms with van der Waals surface area (Å²) in [6.45, 7) is 2.75. The summed E-state index contributed by atoms with van der Waals surface area (Å²) in [5, 5.41) is 2.42. The van der Waals surface area contributed by atoms with E-state index in [0.29, 0.717) is 6.54 Å². The molecule has 0 spiro atoms. The van der Waals surface area contributed by atoms with E-state index in [1.165, 1.54) is 17.0 Å². The third-order valence-corrected chi connectivity index (χ3v) is 5.70. The Kier molecular flexibility index (Phi) is 6.99. The Balaban J connectivity index is 1.85. The van der Waals surface area contributed by atoms with Crippen LogP contribution in [0.2, 0.25) is 0 Å². The second-order valence-electron chi connectivity index (χ2n) is 7.48. The highest BCUT2D eigenvalue weighted by atomic mass is 19.4. The molecular formula is C20H27F3N4O3. The Labute approximate surface area is 173 Å². The fraction of sp³-hybridized carbons (Fsp3) is 0.600. The molecule has 1 aliphatic carbocycles. The van der Waals surface area contributed by atoms with Gasteiger partial charge in [0.05, 0.1) is 17.9 Å². The highest BCUT2D eigenvalue weighted by Crippen LogP contribution is 2.38. The van der Waals surface area contributed by atoms with Gasteiger partial charge in [-0.3, -0.25) is 14.5 Å². The molecule has 30 heavy (non-hydrogen) atoms. The smallest absolute Gasteiger partial charge is 0.370 e. The maximum absolute atomic E-state index is 13.7. The molecule has 1 aliphatic heterocycles. The number of nitrogens with two attached hydrogens (primary N) is 1. The van der Waals surface area contributed by atoms with E-state index >= 15 is 0 Å². The van der Waals surface area contributed by atoms with Gasteiger partial charge in [0.2, 0.25) is 5.91 Å². The van der Waals surface area contributed by atoms with Gasteiger partial charge >= 0.3 is 6.18 Å². The monoisotopic (exact) mass is 428 g/mol. The molecule has 2 fully saturated rings. The van der Waals surface area contributed by atoms with E-state index in [1.807, 2.05) is 11.8 Å². The summed E-state index contributed by atoms with van der Waals surface area (Å²) in [7, 11) is 0. The normalized spacial score (nSPS) is 19.0. The van der Waals surface area contributed by atoms with Crippen LogP contribution < -0.4 is 16.0 Å². The number of rotatable bonds is 7. The van der Waals surface area contributed by atoms with Crippen LogP contribution >= 0.6 is 0 Å². The van der Waals surface area contributed by atoms with Crippen LogP contribution in [0.25, 0.3) is 0 Å². The van der Waals surface area contributed by atoms with Crippen LogP contribution in [0.1, 0.15) is 31.7 Å². The lowest BCUT2D eigenvalue weighted by Gasteiger charge is -2.41. The van der Waals surface area contributed by atoms with E-state index in [2.05, 4.69) is 5.32 Å². The average Bonchev–Trinajstić information content (AvgIpc) is 2.66. The van der Waals surface area contributed by atoms with Gasteiger partial charge < -0.3 is 20.7 Å². The number of carbonyl (C=O) groups is 2. The molecular weight excluding hydrogens is 401 g/mol. The lowest BCUT2D eigenvalue weighted by molar-refractivity contribution is -0.137.